The minimum Gasteiger partial charge on any atom is -0.341 e. The van der Waals surface area contributed by atoms with Crippen LogP contribution in [0.25, 0.3) is 0 Å². The lowest BCUT2D eigenvalue weighted by atomic mass is 9.83. The Morgan fingerprint density at radius 3 is 2.21 bits per heavy atom. The molecule has 0 N–H and O–H groups in total. The molecule has 0 atom stereocenters. The predicted molar refractivity (Wildman–Crippen MR) is 97.7 cm³/mol. The van der Waals surface area contributed by atoms with Crippen molar-refractivity contribution in [2.75, 3.05) is 26.2 Å². The zero-order valence-corrected chi connectivity index (χ0v) is 16.0. The SMILES string of the molecule is CC(C)(C(=O)N1CCCN(C(=O)C2CC2)CC1)c1ccc(Br)cc1. The molecule has 0 radical (unpaired) electrons. The van der Waals surface area contributed by atoms with Gasteiger partial charge in [0.05, 0.1) is 5.41 Å². The monoisotopic (exact) mass is 392 g/mol. The highest BCUT2D eigenvalue weighted by Crippen LogP contribution is 2.32. The van der Waals surface area contributed by atoms with E-state index in [9.17, 15) is 9.59 Å². The average molecular weight is 393 g/mol. The van der Waals surface area contributed by atoms with Gasteiger partial charge in [-0.2, -0.15) is 0 Å². The highest BCUT2D eigenvalue weighted by molar-refractivity contribution is 9.10. The molecule has 24 heavy (non-hydrogen) atoms. The van der Waals surface area contributed by atoms with Gasteiger partial charge in [-0.05, 0) is 50.8 Å². The van der Waals surface area contributed by atoms with Gasteiger partial charge in [-0.3, -0.25) is 9.59 Å². The molecule has 1 heterocycles. The molecule has 0 unspecified atom stereocenters. The van der Waals surface area contributed by atoms with Gasteiger partial charge in [0, 0.05) is 36.6 Å². The van der Waals surface area contributed by atoms with Crippen LogP contribution in [0, 0.1) is 5.92 Å². The standard InChI is InChI=1S/C19H25BrN2O2/c1-19(2,15-6-8-16(20)9-7-15)18(24)22-11-3-10-21(12-13-22)17(23)14-4-5-14/h6-9,14H,3-5,10-13H2,1-2H3. The van der Waals surface area contributed by atoms with Gasteiger partial charge >= 0.3 is 0 Å². The highest BCUT2D eigenvalue weighted by atomic mass is 79.9. The topological polar surface area (TPSA) is 40.6 Å². The smallest absolute Gasteiger partial charge is 0.232 e. The van der Waals surface area contributed by atoms with Crippen LogP contribution in [-0.4, -0.2) is 47.8 Å². The summed E-state index contributed by atoms with van der Waals surface area (Å²) < 4.78 is 1.01. The molecule has 2 fully saturated rings. The summed E-state index contributed by atoms with van der Waals surface area (Å²) in [5.74, 6) is 0.688. The van der Waals surface area contributed by atoms with Crippen LogP contribution in [0.4, 0.5) is 0 Å². The average Bonchev–Trinajstić information content (AvgIpc) is 3.40. The maximum Gasteiger partial charge on any atom is 0.232 e. The number of halogens is 1. The molecule has 0 spiro atoms. The Bertz CT molecular complexity index is 623. The van der Waals surface area contributed by atoms with Crippen LogP contribution in [0.3, 0.4) is 0 Å². The molecule has 0 bridgehead atoms. The Labute approximate surface area is 152 Å². The summed E-state index contributed by atoms with van der Waals surface area (Å²) >= 11 is 3.44. The minimum atomic E-state index is -0.559. The second-order valence-corrected chi connectivity index (χ2v) is 8.29. The van der Waals surface area contributed by atoms with E-state index in [4.69, 9.17) is 0 Å². The first-order valence-corrected chi connectivity index (χ1v) is 9.53. The molecule has 2 aliphatic rings. The Hall–Kier alpha value is -1.36. The second-order valence-electron chi connectivity index (χ2n) is 7.38. The maximum atomic E-state index is 13.1. The fourth-order valence-electron chi connectivity index (χ4n) is 3.31. The normalized spacial score (nSPS) is 19.1. The van der Waals surface area contributed by atoms with Crippen molar-refractivity contribution in [3.05, 3.63) is 34.3 Å². The third-order valence-electron chi connectivity index (χ3n) is 5.12. The summed E-state index contributed by atoms with van der Waals surface area (Å²) in [6, 6.07) is 7.96. The lowest BCUT2D eigenvalue weighted by Crippen LogP contribution is -2.45. The number of carbonyl (C=O) groups excluding carboxylic acids is 2. The van der Waals surface area contributed by atoms with Crippen LogP contribution in [0.1, 0.15) is 38.7 Å². The molecule has 1 aromatic rings. The number of hydrogen-bond acceptors (Lipinski definition) is 2. The van der Waals surface area contributed by atoms with Crippen molar-refractivity contribution in [1.82, 2.24) is 9.80 Å². The number of hydrogen-bond donors (Lipinski definition) is 0. The van der Waals surface area contributed by atoms with E-state index in [-0.39, 0.29) is 17.7 Å². The molecular weight excluding hydrogens is 368 g/mol. The summed E-state index contributed by atoms with van der Waals surface area (Å²) in [4.78, 5) is 29.2. The predicted octanol–water partition coefficient (Wildman–Crippen LogP) is 3.20. The third-order valence-corrected chi connectivity index (χ3v) is 5.65. The van der Waals surface area contributed by atoms with Gasteiger partial charge in [0.2, 0.25) is 11.8 Å². The van der Waals surface area contributed by atoms with Crippen molar-refractivity contribution in [2.24, 2.45) is 5.92 Å². The second kappa shape index (κ2) is 6.87. The van der Waals surface area contributed by atoms with Crippen LogP contribution in [0.15, 0.2) is 28.7 Å². The Morgan fingerprint density at radius 1 is 1.00 bits per heavy atom. The molecule has 1 aromatic carbocycles. The van der Waals surface area contributed by atoms with Crippen molar-refractivity contribution in [3.8, 4) is 0 Å². The van der Waals surface area contributed by atoms with Crippen LogP contribution < -0.4 is 0 Å². The number of carbonyl (C=O) groups is 2. The fourth-order valence-corrected chi connectivity index (χ4v) is 3.58. The largest absolute Gasteiger partial charge is 0.341 e. The first-order chi connectivity index (χ1) is 11.4. The number of nitrogens with zero attached hydrogens (tertiary/aromatic N) is 2. The summed E-state index contributed by atoms with van der Waals surface area (Å²) in [6.45, 7) is 6.77. The summed E-state index contributed by atoms with van der Waals surface area (Å²) in [5, 5.41) is 0. The van der Waals surface area contributed by atoms with E-state index in [0.29, 0.717) is 13.1 Å². The van der Waals surface area contributed by atoms with Gasteiger partial charge in [-0.1, -0.05) is 28.1 Å². The zero-order chi connectivity index (χ0) is 17.3. The quantitative estimate of drug-likeness (QED) is 0.792. The first kappa shape index (κ1) is 17.5. The molecule has 0 aromatic heterocycles. The van der Waals surface area contributed by atoms with E-state index >= 15 is 0 Å². The van der Waals surface area contributed by atoms with E-state index in [0.717, 1.165) is 42.4 Å². The fraction of sp³-hybridized carbons (Fsp3) is 0.579. The van der Waals surface area contributed by atoms with Gasteiger partial charge in [-0.25, -0.2) is 0 Å². The maximum absolute atomic E-state index is 13.1. The molecule has 130 valence electrons. The molecule has 1 saturated heterocycles. The summed E-state index contributed by atoms with van der Waals surface area (Å²) in [7, 11) is 0. The van der Waals surface area contributed by atoms with E-state index in [1.165, 1.54) is 0 Å². The van der Waals surface area contributed by atoms with Crippen LogP contribution >= 0.6 is 15.9 Å². The van der Waals surface area contributed by atoms with Crippen LogP contribution in [-0.2, 0) is 15.0 Å². The van der Waals surface area contributed by atoms with Crippen molar-refractivity contribution in [1.29, 1.82) is 0 Å². The summed E-state index contributed by atoms with van der Waals surface area (Å²) in [6.07, 6.45) is 2.93. The van der Waals surface area contributed by atoms with E-state index in [2.05, 4.69) is 15.9 Å². The number of amides is 2. The highest BCUT2D eigenvalue weighted by Gasteiger charge is 2.37. The van der Waals surface area contributed by atoms with Crippen LogP contribution in [0.2, 0.25) is 0 Å². The lowest BCUT2D eigenvalue weighted by molar-refractivity contribution is -0.137. The van der Waals surface area contributed by atoms with Crippen molar-refractivity contribution < 1.29 is 9.59 Å². The molecule has 1 aliphatic heterocycles. The van der Waals surface area contributed by atoms with Crippen molar-refractivity contribution in [2.45, 2.75) is 38.5 Å². The van der Waals surface area contributed by atoms with Gasteiger partial charge < -0.3 is 9.80 Å². The van der Waals surface area contributed by atoms with Gasteiger partial charge in [0.15, 0.2) is 0 Å². The summed E-state index contributed by atoms with van der Waals surface area (Å²) in [5.41, 5.74) is 0.460. The van der Waals surface area contributed by atoms with Crippen molar-refractivity contribution >= 4 is 27.7 Å². The molecule has 4 nitrogen and oxygen atoms in total. The van der Waals surface area contributed by atoms with Gasteiger partial charge in [0.25, 0.3) is 0 Å². The van der Waals surface area contributed by atoms with Gasteiger partial charge in [0.1, 0.15) is 0 Å². The van der Waals surface area contributed by atoms with E-state index in [1.807, 2.05) is 47.9 Å². The molecule has 3 rings (SSSR count). The first-order valence-electron chi connectivity index (χ1n) is 8.74. The molecular formula is C19H25BrN2O2. The molecule has 2 amide bonds. The molecule has 1 saturated carbocycles. The zero-order valence-electron chi connectivity index (χ0n) is 14.4. The van der Waals surface area contributed by atoms with E-state index < -0.39 is 5.41 Å². The van der Waals surface area contributed by atoms with Crippen LogP contribution in [0.5, 0.6) is 0 Å². The molecule has 5 heteroatoms. The number of benzene rings is 1. The Morgan fingerprint density at radius 2 is 1.58 bits per heavy atom. The third kappa shape index (κ3) is 3.66. The number of rotatable bonds is 3. The lowest BCUT2D eigenvalue weighted by Gasteiger charge is -2.31. The molecule has 1 aliphatic carbocycles. The minimum absolute atomic E-state index is 0.144. The Kier molecular flexibility index (Phi) is 5.00. The van der Waals surface area contributed by atoms with Gasteiger partial charge in [-0.15, -0.1) is 0 Å². The van der Waals surface area contributed by atoms with Crippen molar-refractivity contribution in [3.63, 3.8) is 0 Å². The van der Waals surface area contributed by atoms with E-state index in [1.54, 1.807) is 0 Å². The Balaban J connectivity index is 1.67.